The average molecular weight is 225 g/mol. The number of nitrogens with zero attached hydrogens (tertiary/aromatic N) is 2. The Kier molecular flexibility index (Phi) is 3.21. The predicted octanol–water partition coefficient (Wildman–Crippen LogP) is 2.25. The van der Waals surface area contributed by atoms with Crippen LogP contribution in [0, 0.1) is 0 Å². The van der Waals surface area contributed by atoms with Crippen LogP contribution in [0.25, 0.3) is 0 Å². The van der Waals surface area contributed by atoms with Gasteiger partial charge in [-0.15, -0.1) is 0 Å². The molecule has 0 N–H and O–H groups in total. The van der Waals surface area contributed by atoms with Crippen LogP contribution in [-0.4, -0.2) is 22.3 Å². The number of likely N-dealkylation sites (tertiary alicyclic amines) is 1. The van der Waals surface area contributed by atoms with Gasteiger partial charge < -0.3 is 4.90 Å². The molecule has 80 valence electrons. The Morgan fingerprint density at radius 1 is 1.40 bits per heavy atom. The number of carbonyl (C=O) groups excluding carboxylic acids is 1. The largest absolute Gasteiger partial charge is 0.338 e. The lowest BCUT2D eigenvalue weighted by Crippen LogP contribution is -2.34. The molecule has 0 aliphatic carbocycles. The van der Waals surface area contributed by atoms with E-state index in [2.05, 4.69) is 4.98 Å². The van der Waals surface area contributed by atoms with Gasteiger partial charge in [-0.2, -0.15) is 0 Å². The van der Waals surface area contributed by atoms with E-state index in [0.29, 0.717) is 18.1 Å². The van der Waals surface area contributed by atoms with Crippen molar-refractivity contribution in [2.24, 2.45) is 0 Å². The SMILES string of the molecule is O=C1CCCCN1Cc1ccc(Cl)nc1. The molecule has 15 heavy (non-hydrogen) atoms. The van der Waals surface area contributed by atoms with Crippen molar-refractivity contribution in [2.45, 2.75) is 25.8 Å². The first kappa shape index (κ1) is 10.4. The first-order valence-corrected chi connectivity index (χ1v) is 5.52. The van der Waals surface area contributed by atoms with Crippen LogP contribution in [0.1, 0.15) is 24.8 Å². The highest BCUT2D eigenvalue weighted by Crippen LogP contribution is 2.14. The van der Waals surface area contributed by atoms with Crippen molar-refractivity contribution in [1.29, 1.82) is 0 Å². The minimum atomic E-state index is 0.246. The van der Waals surface area contributed by atoms with E-state index >= 15 is 0 Å². The number of rotatable bonds is 2. The molecule has 1 saturated heterocycles. The zero-order chi connectivity index (χ0) is 10.7. The van der Waals surface area contributed by atoms with Crippen molar-refractivity contribution in [3.63, 3.8) is 0 Å². The molecule has 1 aliphatic heterocycles. The molecule has 4 heteroatoms. The van der Waals surface area contributed by atoms with Crippen LogP contribution in [0.15, 0.2) is 18.3 Å². The summed E-state index contributed by atoms with van der Waals surface area (Å²) in [6.45, 7) is 1.52. The number of aromatic nitrogens is 1. The first-order chi connectivity index (χ1) is 7.25. The van der Waals surface area contributed by atoms with Crippen LogP contribution in [-0.2, 0) is 11.3 Å². The first-order valence-electron chi connectivity index (χ1n) is 5.14. The van der Waals surface area contributed by atoms with Crippen LogP contribution in [0.5, 0.6) is 0 Å². The molecule has 1 aromatic rings. The molecule has 2 heterocycles. The summed E-state index contributed by atoms with van der Waals surface area (Å²) in [5, 5.41) is 0.490. The quantitative estimate of drug-likeness (QED) is 0.722. The highest BCUT2D eigenvalue weighted by molar-refractivity contribution is 6.29. The van der Waals surface area contributed by atoms with Gasteiger partial charge in [0.05, 0.1) is 0 Å². The van der Waals surface area contributed by atoms with Crippen molar-refractivity contribution in [1.82, 2.24) is 9.88 Å². The number of piperidine rings is 1. The average Bonchev–Trinajstić information content (AvgIpc) is 2.25. The lowest BCUT2D eigenvalue weighted by Gasteiger charge is -2.26. The van der Waals surface area contributed by atoms with Gasteiger partial charge in [0.25, 0.3) is 0 Å². The summed E-state index contributed by atoms with van der Waals surface area (Å²) < 4.78 is 0. The summed E-state index contributed by atoms with van der Waals surface area (Å²) in [6.07, 6.45) is 4.53. The maximum Gasteiger partial charge on any atom is 0.222 e. The third-order valence-corrected chi connectivity index (χ3v) is 2.81. The van der Waals surface area contributed by atoms with Crippen LogP contribution < -0.4 is 0 Å². The van der Waals surface area contributed by atoms with E-state index in [9.17, 15) is 4.79 Å². The van der Waals surface area contributed by atoms with Gasteiger partial charge in [0.1, 0.15) is 5.15 Å². The molecule has 0 radical (unpaired) electrons. The minimum absolute atomic E-state index is 0.246. The number of carbonyl (C=O) groups is 1. The fraction of sp³-hybridized carbons (Fsp3) is 0.455. The van der Waals surface area contributed by atoms with Crippen molar-refractivity contribution < 1.29 is 4.79 Å². The van der Waals surface area contributed by atoms with E-state index in [4.69, 9.17) is 11.6 Å². The molecule has 1 aliphatic rings. The van der Waals surface area contributed by atoms with Crippen LogP contribution >= 0.6 is 11.6 Å². The summed E-state index contributed by atoms with van der Waals surface area (Å²) in [5.41, 5.74) is 1.04. The number of hydrogen-bond acceptors (Lipinski definition) is 2. The number of pyridine rings is 1. The Morgan fingerprint density at radius 2 is 2.27 bits per heavy atom. The van der Waals surface area contributed by atoms with Gasteiger partial charge in [-0.05, 0) is 24.5 Å². The Labute approximate surface area is 94.1 Å². The molecule has 1 aromatic heterocycles. The van der Waals surface area contributed by atoms with Gasteiger partial charge in [0.15, 0.2) is 0 Å². The number of amides is 1. The number of hydrogen-bond donors (Lipinski definition) is 0. The van der Waals surface area contributed by atoms with Gasteiger partial charge in [-0.25, -0.2) is 4.98 Å². The van der Waals surface area contributed by atoms with Gasteiger partial charge in [0.2, 0.25) is 5.91 Å². The summed E-state index contributed by atoms with van der Waals surface area (Å²) in [7, 11) is 0. The molecule has 3 nitrogen and oxygen atoms in total. The zero-order valence-corrected chi connectivity index (χ0v) is 9.20. The summed E-state index contributed by atoms with van der Waals surface area (Å²) in [4.78, 5) is 17.4. The molecule has 2 rings (SSSR count). The Balaban J connectivity index is 2.01. The number of halogens is 1. The molecule has 0 atom stereocenters. The Hall–Kier alpha value is -1.09. The highest BCUT2D eigenvalue weighted by atomic mass is 35.5. The predicted molar refractivity (Wildman–Crippen MR) is 58.5 cm³/mol. The molecular weight excluding hydrogens is 212 g/mol. The van der Waals surface area contributed by atoms with Crippen molar-refractivity contribution >= 4 is 17.5 Å². The van der Waals surface area contributed by atoms with Crippen LogP contribution in [0.3, 0.4) is 0 Å². The molecule has 1 amide bonds. The fourth-order valence-electron chi connectivity index (χ4n) is 1.75. The molecule has 0 spiro atoms. The maximum absolute atomic E-state index is 11.5. The Morgan fingerprint density at radius 3 is 2.93 bits per heavy atom. The Bertz CT molecular complexity index is 350. The molecule has 0 bridgehead atoms. The van der Waals surface area contributed by atoms with E-state index in [1.807, 2.05) is 11.0 Å². The molecule has 1 fully saturated rings. The zero-order valence-electron chi connectivity index (χ0n) is 8.45. The second-order valence-electron chi connectivity index (χ2n) is 3.76. The monoisotopic (exact) mass is 224 g/mol. The van der Waals surface area contributed by atoms with Gasteiger partial charge in [-0.1, -0.05) is 17.7 Å². The summed E-state index contributed by atoms with van der Waals surface area (Å²) in [6, 6.07) is 3.67. The lowest BCUT2D eigenvalue weighted by molar-refractivity contribution is -0.133. The van der Waals surface area contributed by atoms with E-state index in [1.165, 1.54) is 0 Å². The van der Waals surface area contributed by atoms with E-state index in [-0.39, 0.29) is 5.91 Å². The normalized spacial score (nSPS) is 16.9. The third kappa shape index (κ3) is 2.69. The second kappa shape index (κ2) is 4.62. The molecule has 0 unspecified atom stereocenters. The standard InChI is InChI=1S/C11H13ClN2O/c12-10-5-4-9(7-13-10)8-14-6-2-1-3-11(14)15/h4-5,7H,1-3,6,8H2. The van der Waals surface area contributed by atoms with Crippen molar-refractivity contribution in [3.8, 4) is 0 Å². The van der Waals surface area contributed by atoms with Crippen molar-refractivity contribution in [2.75, 3.05) is 6.54 Å². The van der Waals surface area contributed by atoms with Crippen LogP contribution in [0.4, 0.5) is 0 Å². The van der Waals surface area contributed by atoms with Crippen LogP contribution in [0.2, 0.25) is 5.15 Å². The lowest BCUT2D eigenvalue weighted by atomic mass is 10.1. The fourth-order valence-corrected chi connectivity index (χ4v) is 1.86. The topological polar surface area (TPSA) is 33.2 Å². The van der Waals surface area contributed by atoms with Gasteiger partial charge >= 0.3 is 0 Å². The van der Waals surface area contributed by atoms with Crippen molar-refractivity contribution in [3.05, 3.63) is 29.0 Å². The molecular formula is C11H13ClN2O. The van der Waals surface area contributed by atoms with E-state index < -0.39 is 0 Å². The van der Waals surface area contributed by atoms with Gasteiger partial charge in [-0.3, -0.25) is 4.79 Å². The van der Waals surface area contributed by atoms with Gasteiger partial charge in [0, 0.05) is 25.7 Å². The molecule has 0 aromatic carbocycles. The van der Waals surface area contributed by atoms with E-state index in [1.54, 1.807) is 12.3 Å². The third-order valence-electron chi connectivity index (χ3n) is 2.58. The smallest absolute Gasteiger partial charge is 0.222 e. The maximum atomic E-state index is 11.5. The summed E-state index contributed by atoms with van der Waals surface area (Å²) >= 11 is 5.69. The highest BCUT2D eigenvalue weighted by Gasteiger charge is 2.17. The van der Waals surface area contributed by atoms with E-state index in [0.717, 1.165) is 24.9 Å². The minimum Gasteiger partial charge on any atom is -0.338 e. The summed E-state index contributed by atoms with van der Waals surface area (Å²) in [5.74, 6) is 0.246. The second-order valence-corrected chi connectivity index (χ2v) is 4.15. The molecule has 0 saturated carbocycles.